The molecule has 0 aliphatic carbocycles. The van der Waals surface area contributed by atoms with E-state index in [1.807, 2.05) is 4.90 Å². The van der Waals surface area contributed by atoms with Crippen molar-refractivity contribution in [2.45, 2.75) is 13.3 Å². The van der Waals surface area contributed by atoms with E-state index in [4.69, 9.17) is 0 Å². The minimum atomic E-state index is 0.113. The zero-order valence-electron chi connectivity index (χ0n) is 8.00. The van der Waals surface area contributed by atoms with Gasteiger partial charge in [-0.2, -0.15) is 0 Å². The van der Waals surface area contributed by atoms with Crippen molar-refractivity contribution >= 4 is 6.03 Å². The van der Waals surface area contributed by atoms with Crippen LogP contribution in [0.2, 0.25) is 0 Å². The molecule has 0 atom stereocenters. The molecule has 1 rings (SSSR count). The lowest BCUT2D eigenvalue weighted by Crippen LogP contribution is -2.41. The maximum atomic E-state index is 11.5. The van der Waals surface area contributed by atoms with Crippen LogP contribution in [-0.2, 0) is 0 Å². The third kappa shape index (κ3) is 2.00. The molecule has 12 heavy (non-hydrogen) atoms. The minimum Gasteiger partial charge on any atom is -0.331 e. The van der Waals surface area contributed by atoms with Gasteiger partial charge in [-0.05, 0) is 13.3 Å². The summed E-state index contributed by atoms with van der Waals surface area (Å²) < 4.78 is 0. The molecule has 1 aliphatic rings. The molecule has 0 aromatic heterocycles. The number of hydrogen-bond donors (Lipinski definition) is 0. The lowest BCUT2D eigenvalue weighted by Gasteiger charge is -2.28. The molecule has 0 saturated heterocycles. The number of carbonyl (C=O) groups is 1. The summed E-state index contributed by atoms with van der Waals surface area (Å²) in [6.07, 6.45) is 3.19. The van der Waals surface area contributed by atoms with E-state index in [1.54, 1.807) is 19.0 Å². The molecule has 0 spiro atoms. The highest BCUT2D eigenvalue weighted by Gasteiger charge is 2.17. The molecule has 68 valence electrons. The maximum Gasteiger partial charge on any atom is 0.319 e. The van der Waals surface area contributed by atoms with Crippen molar-refractivity contribution in [1.82, 2.24) is 9.80 Å². The van der Waals surface area contributed by atoms with Crippen molar-refractivity contribution in [3.8, 4) is 0 Å². The Kier molecular flexibility index (Phi) is 2.74. The average molecular weight is 168 g/mol. The zero-order chi connectivity index (χ0) is 9.14. The number of amides is 2. The fourth-order valence-corrected chi connectivity index (χ4v) is 1.36. The summed E-state index contributed by atoms with van der Waals surface area (Å²) in [6, 6.07) is 0.113. The minimum absolute atomic E-state index is 0.113. The molecule has 3 heteroatoms. The van der Waals surface area contributed by atoms with Crippen LogP contribution in [0.1, 0.15) is 13.3 Å². The van der Waals surface area contributed by atoms with Crippen molar-refractivity contribution in [1.29, 1.82) is 0 Å². The first kappa shape index (κ1) is 9.10. The van der Waals surface area contributed by atoms with E-state index in [1.165, 1.54) is 5.57 Å². The summed E-state index contributed by atoms with van der Waals surface area (Å²) in [5.74, 6) is 0. The van der Waals surface area contributed by atoms with E-state index < -0.39 is 0 Å². The Morgan fingerprint density at radius 3 is 2.75 bits per heavy atom. The standard InChI is InChI=1S/C9H16N2O/c1-8-5-4-6-11(7-8)9(12)10(2)3/h5H,4,6-7H2,1-3H3. The second kappa shape index (κ2) is 3.61. The Morgan fingerprint density at radius 1 is 1.58 bits per heavy atom. The van der Waals surface area contributed by atoms with Gasteiger partial charge in [0.05, 0.1) is 0 Å². The molecule has 1 aliphatic heterocycles. The molecule has 3 nitrogen and oxygen atoms in total. The van der Waals surface area contributed by atoms with Crippen molar-refractivity contribution < 1.29 is 4.79 Å². The molecule has 0 radical (unpaired) electrons. The predicted octanol–water partition coefficient (Wildman–Crippen LogP) is 1.32. The van der Waals surface area contributed by atoms with Gasteiger partial charge < -0.3 is 9.80 Å². The smallest absolute Gasteiger partial charge is 0.319 e. The molecule has 0 fully saturated rings. The fourth-order valence-electron chi connectivity index (χ4n) is 1.36. The van der Waals surface area contributed by atoms with Gasteiger partial charge in [-0.15, -0.1) is 0 Å². The van der Waals surface area contributed by atoms with Gasteiger partial charge in [0, 0.05) is 27.2 Å². The summed E-state index contributed by atoms with van der Waals surface area (Å²) in [5, 5.41) is 0. The van der Waals surface area contributed by atoms with Gasteiger partial charge in [-0.25, -0.2) is 4.79 Å². The first-order valence-corrected chi connectivity index (χ1v) is 4.23. The van der Waals surface area contributed by atoms with Crippen molar-refractivity contribution in [2.24, 2.45) is 0 Å². The van der Waals surface area contributed by atoms with Crippen molar-refractivity contribution in [2.75, 3.05) is 27.2 Å². The molecule has 1 heterocycles. The van der Waals surface area contributed by atoms with Crippen LogP contribution in [-0.4, -0.2) is 43.0 Å². The Bertz CT molecular complexity index is 209. The van der Waals surface area contributed by atoms with Crippen LogP contribution in [0.3, 0.4) is 0 Å². The van der Waals surface area contributed by atoms with Crippen molar-refractivity contribution in [3.63, 3.8) is 0 Å². The Morgan fingerprint density at radius 2 is 2.25 bits per heavy atom. The highest BCUT2D eigenvalue weighted by atomic mass is 16.2. The van der Waals surface area contributed by atoms with E-state index in [2.05, 4.69) is 13.0 Å². The Labute approximate surface area is 73.6 Å². The van der Waals surface area contributed by atoms with E-state index in [-0.39, 0.29) is 6.03 Å². The fraction of sp³-hybridized carbons (Fsp3) is 0.667. The maximum absolute atomic E-state index is 11.5. The van der Waals surface area contributed by atoms with Gasteiger partial charge in [-0.3, -0.25) is 0 Å². The number of hydrogen-bond acceptors (Lipinski definition) is 1. The molecule has 0 aromatic carbocycles. The monoisotopic (exact) mass is 168 g/mol. The average Bonchev–Trinajstić information content (AvgIpc) is 2.03. The summed E-state index contributed by atoms with van der Waals surface area (Å²) in [6.45, 7) is 3.71. The largest absolute Gasteiger partial charge is 0.331 e. The van der Waals surface area contributed by atoms with Crippen LogP contribution >= 0.6 is 0 Å². The van der Waals surface area contributed by atoms with Crippen LogP contribution in [0, 0.1) is 0 Å². The number of carbonyl (C=O) groups excluding carboxylic acids is 1. The first-order valence-electron chi connectivity index (χ1n) is 4.23. The highest BCUT2D eigenvalue weighted by molar-refractivity contribution is 5.74. The van der Waals surface area contributed by atoms with E-state index >= 15 is 0 Å². The van der Waals surface area contributed by atoms with Crippen LogP contribution in [0.15, 0.2) is 11.6 Å². The van der Waals surface area contributed by atoms with Gasteiger partial charge >= 0.3 is 6.03 Å². The van der Waals surface area contributed by atoms with Crippen LogP contribution < -0.4 is 0 Å². The van der Waals surface area contributed by atoms with Gasteiger partial charge in [0.1, 0.15) is 0 Å². The molecule has 0 bridgehead atoms. The number of urea groups is 1. The van der Waals surface area contributed by atoms with Crippen LogP contribution in [0.25, 0.3) is 0 Å². The predicted molar refractivity (Wildman–Crippen MR) is 49.0 cm³/mol. The lowest BCUT2D eigenvalue weighted by molar-refractivity contribution is 0.174. The summed E-state index contributed by atoms with van der Waals surface area (Å²) in [5.41, 5.74) is 1.29. The molecule has 0 aromatic rings. The summed E-state index contributed by atoms with van der Waals surface area (Å²) in [7, 11) is 3.58. The SMILES string of the molecule is CC1=CCCN(C(=O)N(C)C)C1. The van der Waals surface area contributed by atoms with E-state index in [0.717, 1.165) is 19.5 Å². The Balaban J connectivity index is 2.55. The van der Waals surface area contributed by atoms with E-state index in [0.29, 0.717) is 0 Å². The van der Waals surface area contributed by atoms with Crippen molar-refractivity contribution in [3.05, 3.63) is 11.6 Å². The molecule has 0 saturated carbocycles. The van der Waals surface area contributed by atoms with Gasteiger partial charge in [0.25, 0.3) is 0 Å². The van der Waals surface area contributed by atoms with E-state index in [9.17, 15) is 4.79 Å². The van der Waals surface area contributed by atoms with Gasteiger partial charge in [-0.1, -0.05) is 11.6 Å². The summed E-state index contributed by atoms with van der Waals surface area (Å²) >= 11 is 0. The second-order valence-corrected chi connectivity index (χ2v) is 3.44. The quantitative estimate of drug-likeness (QED) is 0.500. The van der Waals surface area contributed by atoms with Gasteiger partial charge in [0.15, 0.2) is 0 Å². The third-order valence-electron chi connectivity index (χ3n) is 1.99. The van der Waals surface area contributed by atoms with Crippen LogP contribution in [0.4, 0.5) is 4.79 Å². The third-order valence-corrected chi connectivity index (χ3v) is 1.99. The molecule has 0 N–H and O–H groups in total. The number of rotatable bonds is 0. The zero-order valence-corrected chi connectivity index (χ0v) is 8.00. The normalized spacial score (nSPS) is 17.2. The topological polar surface area (TPSA) is 23.6 Å². The van der Waals surface area contributed by atoms with Gasteiger partial charge in [0.2, 0.25) is 0 Å². The Hall–Kier alpha value is -0.990. The molecular formula is C9H16N2O. The molecule has 0 unspecified atom stereocenters. The highest BCUT2D eigenvalue weighted by Crippen LogP contribution is 2.09. The van der Waals surface area contributed by atoms with Crippen LogP contribution in [0.5, 0.6) is 0 Å². The molecular weight excluding hydrogens is 152 g/mol. The summed E-state index contributed by atoms with van der Waals surface area (Å²) in [4.78, 5) is 15.0. The first-order chi connectivity index (χ1) is 5.61. The molecule has 2 amide bonds. The second-order valence-electron chi connectivity index (χ2n) is 3.44. The number of nitrogens with zero attached hydrogens (tertiary/aromatic N) is 2. The lowest BCUT2D eigenvalue weighted by atomic mass is 10.1.